The number of hydrogen-bond acceptors (Lipinski definition) is 2. The Labute approximate surface area is 130 Å². The van der Waals surface area contributed by atoms with E-state index in [0.29, 0.717) is 6.61 Å². The van der Waals surface area contributed by atoms with Gasteiger partial charge < -0.3 is 9.84 Å². The van der Waals surface area contributed by atoms with E-state index in [-0.39, 0.29) is 6.61 Å². The normalized spacial score (nSPS) is 9.90. The zero-order chi connectivity index (χ0) is 15.2. The van der Waals surface area contributed by atoms with Crippen LogP contribution in [0.4, 0.5) is 0 Å². The molecule has 108 valence electrons. The standard InChI is InChI=1S/C18H17ClO2/c1-13-5-7-16(17(19)10-13)12-21-18-8-6-15(4-3-9-20)11-14(18)2/h5-8,10-11,20H,9,12H2,1-2H3. The van der Waals surface area contributed by atoms with Gasteiger partial charge in [-0.1, -0.05) is 35.6 Å². The second kappa shape index (κ2) is 7.17. The molecule has 0 aromatic heterocycles. The molecular weight excluding hydrogens is 284 g/mol. The molecule has 3 heteroatoms. The van der Waals surface area contributed by atoms with Gasteiger partial charge in [0.05, 0.1) is 0 Å². The molecule has 0 heterocycles. The van der Waals surface area contributed by atoms with Gasteiger partial charge in [-0.3, -0.25) is 0 Å². The first-order chi connectivity index (χ1) is 10.1. The van der Waals surface area contributed by atoms with Gasteiger partial charge in [-0.05, 0) is 49.2 Å². The van der Waals surface area contributed by atoms with Crippen LogP contribution in [0, 0.1) is 25.7 Å². The van der Waals surface area contributed by atoms with Gasteiger partial charge in [0, 0.05) is 16.1 Å². The van der Waals surface area contributed by atoms with E-state index in [0.717, 1.165) is 33.0 Å². The highest BCUT2D eigenvalue weighted by Gasteiger charge is 2.04. The van der Waals surface area contributed by atoms with E-state index in [1.807, 2.05) is 50.2 Å². The molecule has 2 rings (SSSR count). The maximum atomic E-state index is 8.70. The highest BCUT2D eigenvalue weighted by molar-refractivity contribution is 6.31. The molecule has 2 aromatic rings. The molecule has 1 N–H and O–H groups in total. The topological polar surface area (TPSA) is 29.5 Å². The molecule has 2 nitrogen and oxygen atoms in total. The van der Waals surface area contributed by atoms with Crippen LogP contribution in [0.25, 0.3) is 0 Å². The van der Waals surface area contributed by atoms with Crippen LogP contribution in [0.2, 0.25) is 5.02 Å². The Morgan fingerprint density at radius 3 is 2.62 bits per heavy atom. The molecule has 0 radical (unpaired) electrons. The largest absolute Gasteiger partial charge is 0.489 e. The third kappa shape index (κ3) is 4.26. The number of aryl methyl sites for hydroxylation is 2. The van der Waals surface area contributed by atoms with Crippen molar-refractivity contribution in [2.75, 3.05) is 6.61 Å². The van der Waals surface area contributed by atoms with Crippen LogP contribution in [-0.4, -0.2) is 11.7 Å². The Hall–Kier alpha value is -1.95. The fraction of sp³-hybridized carbons (Fsp3) is 0.222. The van der Waals surface area contributed by atoms with Crippen molar-refractivity contribution in [1.82, 2.24) is 0 Å². The smallest absolute Gasteiger partial charge is 0.122 e. The van der Waals surface area contributed by atoms with Crippen LogP contribution < -0.4 is 4.74 Å². The zero-order valence-electron chi connectivity index (χ0n) is 12.1. The second-order valence-corrected chi connectivity index (χ2v) is 5.23. The Balaban J connectivity index is 2.09. The van der Waals surface area contributed by atoms with Crippen molar-refractivity contribution in [3.8, 4) is 17.6 Å². The summed E-state index contributed by atoms with van der Waals surface area (Å²) in [6, 6.07) is 11.6. The first-order valence-corrected chi connectivity index (χ1v) is 7.06. The molecule has 0 atom stereocenters. The van der Waals surface area contributed by atoms with Crippen molar-refractivity contribution >= 4 is 11.6 Å². The quantitative estimate of drug-likeness (QED) is 0.872. The lowest BCUT2D eigenvalue weighted by Crippen LogP contribution is -1.98. The van der Waals surface area contributed by atoms with Crippen LogP contribution >= 0.6 is 11.6 Å². The number of aliphatic hydroxyl groups is 1. The van der Waals surface area contributed by atoms with Gasteiger partial charge in [-0.2, -0.15) is 0 Å². The molecule has 0 saturated heterocycles. The number of benzene rings is 2. The maximum absolute atomic E-state index is 8.70. The van der Waals surface area contributed by atoms with Crippen molar-refractivity contribution in [3.05, 3.63) is 63.7 Å². The van der Waals surface area contributed by atoms with E-state index in [4.69, 9.17) is 21.4 Å². The van der Waals surface area contributed by atoms with Crippen molar-refractivity contribution in [2.45, 2.75) is 20.5 Å². The van der Waals surface area contributed by atoms with Gasteiger partial charge >= 0.3 is 0 Å². The van der Waals surface area contributed by atoms with Crippen molar-refractivity contribution in [2.24, 2.45) is 0 Å². The number of halogens is 1. The Bertz CT molecular complexity index is 696. The molecule has 0 amide bonds. The summed E-state index contributed by atoms with van der Waals surface area (Å²) in [5.41, 5.74) is 3.96. The lowest BCUT2D eigenvalue weighted by molar-refractivity contribution is 0.304. The van der Waals surface area contributed by atoms with Gasteiger partial charge in [-0.25, -0.2) is 0 Å². The molecule has 0 spiro atoms. The summed E-state index contributed by atoms with van der Waals surface area (Å²) in [5, 5.41) is 9.42. The number of hydrogen-bond donors (Lipinski definition) is 1. The third-order valence-electron chi connectivity index (χ3n) is 3.08. The monoisotopic (exact) mass is 300 g/mol. The van der Waals surface area contributed by atoms with Crippen LogP contribution in [-0.2, 0) is 6.61 Å². The molecular formula is C18H17ClO2. The van der Waals surface area contributed by atoms with Crippen LogP contribution in [0.1, 0.15) is 22.3 Å². The summed E-state index contributed by atoms with van der Waals surface area (Å²) in [6.07, 6.45) is 0. The van der Waals surface area contributed by atoms with E-state index in [1.165, 1.54) is 0 Å². The van der Waals surface area contributed by atoms with E-state index in [9.17, 15) is 0 Å². The summed E-state index contributed by atoms with van der Waals surface area (Å²) < 4.78 is 5.82. The molecule has 0 unspecified atom stereocenters. The first kappa shape index (κ1) is 15.4. The number of ether oxygens (including phenoxy) is 1. The summed E-state index contributed by atoms with van der Waals surface area (Å²) in [6.45, 7) is 4.27. The van der Waals surface area contributed by atoms with Crippen molar-refractivity contribution in [3.63, 3.8) is 0 Å². The average Bonchev–Trinajstić information content (AvgIpc) is 2.45. The minimum Gasteiger partial charge on any atom is -0.489 e. The van der Waals surface area contributed by atoms with E-state index >= 15 is 0 Å². The summed E-state index contributed by atoms with van der Waals surface area (Å²) in [7, 11) is 0. The molecule has 0 aliphatic heterocycles. The van der Waals surface area contributed by atoms with E-state index < -0.39 is 0 Å². The fourth-order valence-corrected chi connectivity index (χ4v) is 2.25. The molecule has 0 saturated carbocycles. The van der Waals surface area contributed by atoms with Gasteiger partial charge in [0.15, 0.2) is 0 Å². The summed E-state index contributed by atoms with van der Waals surface area (Å²) in [5.74, 6) is 6.31. The minimum absolute atomic E-state index is 0.136. The molecule has 0 aliphatic carbocycles. The Kier molecular flexibility index (Phi) is 5.27. The fourth-order valence-electron chi connectivity index (χ4n) is 1.96. The SMILES string of the molecule is Cc1ccc(COc2ccc(C#CCO)cc2C)c(Cl)c1. The first-order valence-electron chi connectivity index (χ1n) is 6.68. The zero-order valence-corrected chi connectivity index (χ0v) is 12.9. The van der Waals surface area contributed by atoms with Gasteiger partial charge in [0.2, 0.25) is 0 Å². The van der Waals surface area contributed by atoms with E-state index in [2.05, 4.69) is 11.8 Å². The van der Waals surface area contributed by atoms with Crippen LogP contribution in [0.3, 0.4) is 0 Å². The predicted octanol–water partition coefficient (Wildman–Crippen LogP) is 3.88. The lowest BCUT2D eigenvalue weighted by atomic mass is 10.1. The highest BCUT2D eigenvalue weighted by Crippen LogP contribution is 2.23. The molecule has 21 heavy (non-hydrogen) atoms. The Morgan fingerprint density at radius 2 is 1.95 bits per heavy atom. The number of aliphatic hydroxyl groups excluding tert-OH is 1. The van der Waals surface area contributed by atoms with E-state index in [1.54, 1.807) is 0 Å². The summed E-state index contributed by atoms with van der Waals surface area (Å²) >= 11 is 6.20. The number of rotatable bonds is 3. The molecule has 0 aliphatic rings. The van der Waals surface area contributed by atoms with Crippen LogP contribution in [0.15, 0.2) is 36.4 Å². The van der Waals surface area contributed by atoms with Gasteiger partial charge in [0.1, 0.15) is 19.0 Å². The Morgan fingerprint density at radius 1 is 1.14 bits per heavy atom. The second-order valence-electron chi connectivity index (χ2n) is 4.82. The molecule has 2 aromatic carbocycles. The third-order valence-corrected chi connectivity index (χ3v) is 3.43. The van der Waals surface area contributed by atoms with Crippen molar-refractivity contribution < 1.29 is 9.84 Å². The summed E-state index contributed by atoms with van der Waals surface area (Å²) in [4.78, 5) is 0. The molecule has 0 bridgehead atoms. The maximum Gasteiger partial charge on any atom is 0.122 e. The highest BCUT2D eigenvalue weighted by atomic mass is 35.5. The predicted molar refractivity (Wildman–Crippen MR) is 85.7 cm³/mol. The lowest BCUT2D eigenvalue weighted by Gasteiger charge is -2.11. The minimum atomic E-state index is -0.136. The average molecular weight is 301 g/mol. The van der Waals surface area contributed by atoms with Crippen molar-refractivity contribution in [1.29, 1.82) is 0 Å². The van der Waals surface area contributed by atoms with Crippen LogP contribution in [0.5, 0.6) is 5.75 Å². The molecule has 0 fully saturated rings. The van der Waals surface area contributed by atoms with Gasteiger partial charge in [0.25, 0.3) is 0 Å². The van der Waals surface area contributed by atoms with Gasteiger partial charge in [-0.15, -0.1) is 0 Å².